The number of nitrogens with zero attached hydrogens (tertiary/aromatic N) is 1. The molecule has 16 heavy (non-hydrogen) atoms. The van der Waals surface area contributed by atoms with Gasteiger partial charge in [-0.25, -0.2) is 0 Å². The molecule has 0 radical (unpaired) electrons. The molecule has 0 saturated carbocycles. The lowest BCUT2D eigenvalue weighted by molar-refractivity contribution is 0.00271. The second kappa shape index (κ2) is 4.83. The Morgan fingerprint density at radius 2 is 2.06 bits per heavy atom. The van der Waals surface area contributed by atoms with Crippen molar-refractivity contribution >= 4 is 6.21 Å². The monoisotopic (exact) mass is 220 g/mol. The number of ether oxygens (including phenoxy) is 1. The van der Waals surface area contributed by atoms with E-state index in [1.54, 1.807) is 0 Å². The van der Waals surface area contributed by atoms with E-state index >= 15 is 0 Å². The molecule has 0 spiro atoms. The summed E-state index contributed by atoms with van der Waals surface area (Å²) in [4.78, 5) is 4.33. The maximum atomic E-state index is 6.09. The molecule has 1 saturated heterocycles. The fourth-order valence-corrected chi connectivity index (χ4v) is 2.03. The minimum absolute atomic E-state index is 0.0264. The molecule has 3 nitrogen and oxygen atoms in total. The first-order valence-electron chi connectivity index (χ1n) is 5.99. The number of aliphatic imine (C=N–C) groups is 1. The van der Waals surface area contributed by atoms with Crippen LogP contribution in [0.3, 0.4) is 0 Å². The first-order valence-corrected chi connectivity index (χ1v) is 5.99. The second-order valence-electron chi connectivity index (χ2n) is 4.75. The Morgan fingerprint density at radius 3 is 2.81 bits per heavy atom. The highest BCUT2D eigenvalue weighted by Gasteiger charge is 2.28. The van der Waals surface area contributed by atoms with Crippen LogP contribution in [0.15, 0.2) is 28.6 Å². The van der Waals surface area contributed by atoms with Crippen LogP contribution in [0.5, 0.6) is 0 Å². The highest BCUT2D eigenvalue weighted by atomic mass is 16.5. The number of piperidine rings is 1. The van der Waals surface area contributed by atoms with Gasteiger partial charge in [0.1, 0.15) is 11.4 Å². The molecule has 3 heteroatoms. The lowest BCUT2D eigenvalue weighted by atomic mass is 9.94. The molecule has 2 aliphatic heterocycles. The summed E-state index contributed by atoms with van der Waals surface area (Å²) in [5.74, 6) is 0.914. The molecule has 0 bridgehead atoms. The molecular formula is C13H20N2O. The topological polar surface area (TPSA) is 33.6 Å². The van der Waals surface area contributed by atoms with Crippen LogP contribution < -0.4 is 5.32 Å². The molecule has 2 rings (SSSR count). The zero-order valence-electron chi connectivity index (χ0n) is 10.1. The SMILES string of the molecule is CC1=CCC=C(OC2(C)CCNCC2)C=N1. The van der Waals surface area contributed by atoms with Gasteiger partial charge in [-0.2, -0.15) is 0 Å². The molecule has 0 aromatic carbocycles. The van der Waals surface area contributed by atoms with E-state index < -0.39 is 0 Å². The Labute approximate surface area is 97.3 Å². The van der Waals surface area contributed by atoms with E-state index in [0.717, 1.165) is 43.8 Å². The van der Waals surface area contributed by atoms with Gasteiger partial charge in [-0.15, -0.1) is 0 Å². The van der Waals surface area contributed by atoms with Crippen LogP contribution in [0.4, 0.5) is 0 Å². The van der Waals surface area contributed by atoms with E-state index in [-0.39, 0.29) is 5.60 Å². The molecule has 2 aliphatic rings. The van der Waals surface area contributed by atoms with Crippen molar-refractivity contribution in [3.05, 3.63) is 23.6 Å². The molecular weight excluding hydrogens is 200 g/mol. The largest absolute Gasteiger partial charge is 0.486 e. The van der Waals surface area contributed by atoms with Gasteiger partial charge in [0, 0.05) is 5.70 Å². The number of nitrogens with one attached hydrogen (secondary N) is 1. The van der Waals surface area contributed by atoms with Crippen molar-refractivity contribution in [2.75, 3.05) is 13.1 Å². The lowest BCUT2D eigenvalue weighted by Crippen LogP contribution is -2.41. The van der Waals surface area contributed by atoms with Gasteiger partial charge in [0.15, 0.2) is 0 Å². The summed E-state index contributed by atoms with van der Waals surface area (Å²) in [6, 6.07) is 0. The number of hydrogen-bond acceptors (Lipinski definition) is 3. The quantitative estimate of drug-likeness (QED) is 0.775. The lowest BCUT2D eigenvalue weighted by Gasteiger charge is -2.34. The predicted molar refractivity (Wildman–Crippen MR) is 66.5 cm³/mol. The minimum Gasteiger partial charge on any atom is -0.486 e. The van der Waals surface area contributed by atoms with Crippen LogP contribution in [0.2, 0.25) is 0 Å². The third-order valence-corrected chi connectivity index (χ3v) is 3.15. The standard InChI is InChI=1S/C13H20N2O/c1-11-4-3-5-12(10-15-11)16-13(2)6-8-14-9-7-13/h4-5,10,14H,3,6-9H2,1-2H3. The van der Waals surface area contributed by atoms with Gasteiger partial charge in [-0.1, -0.05) is 6.08 Å². The number of allylic oxidation sites excluding steroid dienone is 4. The Kier molecular flexibility index (Phi) is 3.44. The third-order valence-electron chi connectivity index (χ3n) is 3.15. The third kappa shape index (κ3) is 2.95. The summed E-state index contributed by atoms with van der Waals surface area (Å²) < 4.78 is 6.09. The van der Waals surface area contributed by atoms with Crippen LogP contribution in [-0.2, 0) is 4.74 Å². The van der Waals surface area contributed by atoms with Crippen LogP contribution in [0.25, 0.3) is 0 Å². The van der Waals surface area contributed by atoms with Gasteiger partial charge in [-0.3, -0.25) is 4.99 Å². The fourth-order valence-electron chi connectivity index (χ4n) is 2.03. The Bertz CT molecular complexity index is 336. The fraction of sp³-hybridized carbons (Fsp3) is 0.615. The zero-order valence-corrected chi connectivity index (χ0v) is 10.1. The van der Waals surface area contributed by atoms with E-state index in [1.807, 2.05) is 13.1 Å². The van der Waals surface area contributed by atoms with E-state index in [4.69, 9.17) is 4.74 Å². The van der Waals surface area contributed by atoms with Crippen molar-refractivity contribution in [3.63, 3.8) is 0 Å². The maximum Gasteiger partial charge on any atom is 0.134 e. The molecule has 1 fully saturated rings. The Morgan fingerprint density at radius 1 is 1.31 bits per heavy atom. The highest BCUT2D eigenvalue weighted by molar-refractivity contribution is 5.77. The first kappa shape index (κ1) is 11.4. The van der Waals surface area contributed by atoms with Gasteiger partial charge < -0.3 is 10.1 Å². The molecule has 0 aliphatic carbocycles. The number of rotatable bonds is 2. The second-order valence-corrected chi connectivity index (χ2v) is 4.75. The first-order chi connectivity index (χ1) is 7.68. The smallest absolute Gasteiger partial charge is 0.134 e. The molecule has 2 heterocycles. The summed E-state index contributed by atoms with van der Waals surface area (Å²) in [5.41, 5.74) is 1.03. The molecule has 0 amide bonds. The van der Waals surface area contributed by atoms with Gasteiger partial charge >= 0.3 is 0 Å². The normalized spacial score (nSPS) is 24.4. The Balaban J connectivity index is 1.99. The number of hydrogen-bond donors (Lipinski definition) is 1. The summed E-state index contributed by atoms with van der Waals surface area (Å²) in [7, 11) is 0. The molecule has 0 aromatic rings. The van der Waals surface area contributed by atoms with Crippen molar-refractivity contribution in [2.45, 2.75) is 38.7 Å². The van der Waals surface area contributed by atoms with Crippen LogP contribution >= 0.6 is 0 Å². The van der Waals surface area contributed by atoms with Gasteiger partial charge in [0.25, 0.3) is 0 Å². The highest BCUT2D eigenvalue weighted by Crippen LogP contribution is 2.25. The van der Waals surface area contributed by atoms with Crippen molar-refractivity contribution in [3.8, 4) is 0 Å². The van der Waals surface area contributed by atoms with E-state index in [2.05, 4.69) is 29.4 Å². The summed E-state index contributed by atoms with van der Waals surface area (Å²) in [6.45, 7) is 6.28. The average molecular weight is 220 g/mol. The van der Waals surface area contributed by atoms with E-state index in [1.165, 1.54) is 0 Å². The molecule has 0 aromatic heterocycles. The van der Waals surface area contributed by atoms with Crippen molar-refractivity contribution in [1.82, 2.24) is 5.32 Å². The maximum absolute atomic E-state index is 6.09. The van der Waals surface area contributed by atoms with Gasteiger partial charge in [-0.05, 0) is 52.3 Å². The van der Waals surface area contributed by atoms with Crippen LogP contribution in [0, 0.1) is 0 Å². The summed E-state index contributed by atoms with van der Waals surface area (Å²) >= 11 is 0. The molecule has 1 N–H and O–H groups in total. The van der Waals surface area contributed by atoms with Crippen LogP contribution in [0.1, 0.15) is 33.1 Å². The molecule has 0 unspecified atom stereocenters. The van der Waals surface area contributed by atoms with Crippen molar-refractivity contribution in [2.24, 2.45) is 4.99 Å². The van der Waals surface area contributed by atoms with Crippen molar-refractivity contribution < 1.29 is 4.74 Å². The van der Waals surface area contributed by atoms with Gasteiger partial charge in [0.05, 0.1) is 6.21 Å². The molecule has 0 atom stereocenters. The van der Waals surface area contributed by atoms with E-state index in [9.17, 15) is 0 Å². The molecule has 88 valence electrons. The van der Waals surface area contributed by atoms with Gasteiger partial charge in [0.2, 0.25) is 0 Å². The predicted octanol–water partition coefficient (Wildman–Crippen LogP) is 2.41. The van der Waals surface area contributed by atoms with Crippen molar-refractivity contribution in [1.29, 1.82) is 0 Å². The van der Waals surface area contributed by atoms with E-state index in [0.29, 0.717) is 0 Å². The summed E-state index contributed by atoms with van der Waals surface area (Å²) in [6.07, 6.45) is 9.09. The minimum atomic E-state index is -0.0264. The average Bonchev–Trinajstić information content (AvgIpc) is 2.44. The zero-order chi connectivity index (χ0) is 11.4. The summed E-state index contributed by atoms with van der Waals surface area (Å²) in [5, 5.41) is 3.35. The van der Waals surface area contributed by atoms with Crippen LogP contribution in [-0.4, -0.2) is 24.9 Å². The Hall–Kier alpha value is -1.09.